The number of carbonyl (C=O) groups excluding carboxylic acids is 1. The van der Waals surface area contributed by atoms with Gasteiger partial charge in [-0.2, -0.15) is 0 Å². The van der Waals surface area contributed by atoms with E-state index in [1.807, 2.05) is 30.0 Å². The highest BCUT2D eigenvalue weighted by Gasteiger charge is 2.26. The monoisotopic (exact) mass is 286 g/mol. The zero-order valence-electron chi connectivity index (χ0n) is 12.9. The van der Waals surface area contributed by atoms with Crippen molar-refractivity contribution >= 4 is 5.91 Å². The fraction of sp³-hybridized carbons (Fsp3) is 0.471. The molecule has 0 aliphatic carbocycles. The summed E-state index contributed by atoms with van der Waals surface area (Å²) in [4.78, 5) is 16.9. The van der Waals surface area contributed by atoms with Crippen LogP contribution in [0.3, 0.4) is 0 Å². The molecule has 1 aliphatic rings. The molecular formula is C17H22N2O2. The number of aryl methyl sites for hydroxylation is 1. The molecule has 1 aromatic rings. The molecule has 1 heterocycles. The number of nitrogens with zero attached hydrogens (tertiary/aromatic N) is 2. The minimum atomic E-state index is -0.201. The average Bonchev–Trinajstić information content (AvgIpc) is 2.47. The molecule has 1 fully saturated rings. The maximum absolute atomic E-state index is 12.7. The molecule has 4 heteroatoms. The fourth-order valence-corrected chi connectivity index (χ4v) is 2.49. The lowest BCUT2D eigenvalue weighted by Crippen LogP contribution is -2.52. The van der Waals surface area contributed by atoms with Crippen molar-refractivity contribution in [2.24, 2.45) is 0 Å². The van der Waals surface area contributed by atoms with Gasteiger partial charge in [-0.25, -0.2) is 0 Å². The summed E-state index contributed by atoms with van der Waals surface area (Å²) in [5.74, 6) is 5.54. The molecule has 4 nitrogen and oxygen atoms in total. The van der Waals surface area contributed by atoms with E-state index in [1.54, 1.807) is 0 Å². The van der Waals surface area contributed by atoms with Gasteiger partial charge in [-0.3, -0.25) is 4.79 Å². The van der Waals surface area contributed by atoms with Gasteiger partial charge in [-0.1, -0.05) is 17.9 Å². The van der Waals surface area contributed by atoms with E-state index in [2.05, 4.69) is 30.7 Å². The fourth-order valence-electron chi connectivity index (χ4n) is 2.49. The van der Waals surface area contributed by atoms with Crippen molar-refractivity contribution in [3.8, 4) is 11.8 Å². The third kappa shape index (κ3) is 3.63. The SMILES string of the molecule is Cc1ccc(C(=O)N2CCN(C)C(C)C2)c(C#CCO)c1. The van der Waals surface area contributed by atoms with E-state index >= 15 is 0 Å². The van der Waals surface area contributed by atoms with Crippen LogP contribution in [0.1, 0.15) is 28.4 Å². The summed E-state index contributed by atoms with van der Waals surface area (Å²) >= 11 is 0. The van der Waals surface area contributed by atoms with Crippen LogP contribution in [0.15, 0.2) is 18.2 Å². The number of rotatable bonds is 1. The smallest absolute Gasteiger partial charge is 0.255 e. The molecule has 1 N–H and O–H groups in total. The Morgan fingerprint density at radius 3 is 2.86 bits per heavy atom. The lowest BCUT2D eigenvalue weighted by Gasteiger charge is -2.37. The first-order valence-corrected chi connectivity index (χ1v) is 7.23. The van der Waals surface area contributed by atoms with Gasteiger partial charge in [0.2, 0.25) is 0 Å². The van der Waals surface area contributed by atoms with Gasteiger partial charge in [0.15, 0.2) is 0 Å². The van der Waals surface area contributed by atoms with Crippen molar-refractivity contribution in [1.82, 2.24) is 9.80 Å². The molecule has 1 saturated heterocycles. The quantitative estimate of drug-likeness (QED) is 0.787. The predicted octanol–water partition coefficient (Wildman–Crippen LogP) is 1.11. The van der Waals surface area contributed by atoms with E-state index < -0.39 is 0 Å². The summed E-state index contributed by atoms with van der Waals surface area (Å²) in [6.07, 6.45) is 0. The normalized spacial score (nSPS) is 19.0. The van der Waals surface area contributed by atoms with E-state index in [4.69, 9.17) is 5.11 Å². The summed E-state index contributed by atoms with van der Waals surface area (Å²) < 4.78 is 0. The highest BCUT2D eigenvalue weighted by molar-refractivity contribution is 5.97. The summed E-state index contributed by atoms with van der Waals surface area (Å²) in [6.45, 7) is 6.25. The average molecular weight is 286 g/mol. The second-order valence-corrected chi connectivity index (χ2v) is 5.59. The van der Waals surface area contributed by atoms with Crippen LogP contribution < -0.4 is 0 Å². The Hall–Kier alpha value is -1.83. The highest BCUT2D eigenvalue weighted by atomic mass is 16.2. The maximum atomic E-state index is 12.7. The summed E-state index contributed by atoms with van der Waals surface area (Å²) in [6, 6.07) is 6.02. The Balaban J connectivity index is 2.26. The highest BCUT2D eigenvalue weighted by Crippen LogP contribution is 2.16. The van der Waals surface area contributed by atoms with Crippen molar-refractivity contribution < 1.29 is 9.90 Å². The third-order valence-corrected chi connectivity index (χ3v) is 3.95. The van der Waals surface area contributed by atoms with Crippen LogP contribution in [0.5, 0.6) is 0 Å². The lowest BCUT2D eigenvalue weighted by atomic mass is 10.0. The molecule has 112 valence electrons. The molecule has 0 saturated carbocycles. The summed E-state index contributed by atoms with van der Waals surface area (Å²) in [5, 5.41) is 8.86. The van der Waals surface area contributed by atoms with Gasteiger partial charge < -0.3 is 14.9 Å². The van der Waals surface area contributed by atoms with Crippen molar-refractivity contribution in [1.29, 1.82) is 0 Å². The summed E-state index contributed by atoms with van der Waals surface area (Å²) in [7, 11) is 2.08. The number of aliphatic hydroxyl groups excluding tert-OH is 1. The molecule has 1 aliphatic heterocycles. The molecular weight excluding hydrogens is 264 g/mol. The number of aliphatic hydroxyl groups is 1. The first-order valence-electron chi connectivity index (χ1n) is 7.23. The molecule has 0 aromatic heterocycles. The largest absolute Gasteiger partial charge is 0.384 e. The van der Waals surface area contributed by atoms with Crippen LogP contribution in [-0.4, -0.2) is 60.1 Å². The van der Waals surface area contributed by atoms with Crippen LogP contribution in [0.25, 0.3) is 0 Å². The van der Waals surface area contributed by atoms with Crippen molar-refractivity contribution in [2.45, 2.75) is 19.9 Å². The second-order valence-electron chi connectivity index (χ2n) is 5.59. The minimum Gasteiger partial charge on any atom is -0.384 e. The zero-order chi connectivity index (χ0) is 15.4. The number of carbonyl (C=O) groups is 1. The minimum absolute atomic E-state index is 0.0252. The molecule has 0 radical (unpaired) electrons. The van der Waals surface area contributed by atoms with Crippen LogP contribution in [0.4, 0.5) is 0 Å². The van der Waals surface area contributed by atoms with Crippen molar-refractivity contribution in [3.63, 3.8) is 0 Å². The molecule has 0 bridgehead atoms. The molecule has 2 rings (SSSR count). The Kier molecular flexibility index (Phi) is 5.00. The van der Waals surface area contributed by atoms with Gasteiger partial charge >= 0.3 is 0 Å². The Morgan fingerprint density at radius 1 is 1.43 bits per heavy atom. The van der Waals surface area contributed by atoms with Gasteiger partial charge in [-0.05, 0) is 38.6 Å². The van der Waals surface area contributed by atoms with Crippen LogP contribution >= 0.6 is 0 Å². The van der Waals surface area contributed by atoms with E-state index in [-0.39, 0.29) is 12.5 Å². The van der Waals surface area contributed by atoms with E-state index in [0.717, 1.165) is 25.2 Å². The third-order valence-electron chi connectivity index (χ3n) is 3.95. The second kappa shape index (κ2) is 6.75. The zero-order valence-corrected chi connectivity index (χ0v) is 12.9. The Morgan fingerprint density at radius 2 is 2.19 bits per heavy atom. The first kappa shape index (κ1) is 15.6. The van der Waals surface area contributed by atoms with Gasteiger partial charge in [0.1, 0.15) is 6.61 Å². The summed E-state index contributed by atoms with van der Waals surface area (Å²) in [5.41, 5.74) is 2.37. The van der Waals surface area contributed by atoms with Crippen molar-refractivity contribution in [2.75, 3.05) is 33.3 Å². The molecule has 1 unspecified atom stereocenters. The molecule has 1 aromatic carbocycles. The molecule has 0 spiro atoms. The number of hydrogen-bond acceptors (Lipinski definition) is 3. The van der Waals surface area contributed by atoms with Gasteiger partial charge in [0.25, 0.3) is 5.91 Å². The van der Waals surface area contributed by atoms with Crippen LogP contribution in [0.2, 0.25) is 0 Å². The number of amides is 1. The first-order chi connectivity index (χ1) is 10.0. The number of likely N-dealkylation sites (N-methyl/N-ethyl adjacent to an activating group) is 1. The van der Waals surface area contributed by atoms with E-state index in [1.165, 1.54) is 0 Å². The number of hydrogen-bond donors (Lipinski definition) is 1. The maximum Gasteiger partial charge on any atom is 0.255 e. The Bertz CT molecular complexity index is 586. The number of benzene rings is 1. The molecule has 21 heavy (non-hydrogen) atoms. The standard InChI is InChI=1S/C17H22N2O2/c1-13-6-7-16(15(11-13)5-4-10-20)17(21)19-9-8-18(3)14(2)12-19/h6-7,11,14,20H,8-10,12H2,1-3H3. The van der Waals surface area contributed by atoms with Gasteiger partial charge in [-0.15, -0.1) is 0 Å². The van der Waals surface area contributed by atoms with Crippen LogP contribution in [-0.2, 0) is 0 Å². The molecule has 1 amide bonds. The van der Waals surface area contributed by atoms with Gasteiger partial charge in [0.05, 0.1) is 5.56 Å². The molecule has 1 atom stereocenters. The topological polar surface area (TPSA) is 43.8 Å². The van der Waals surface area contributed by atoms with Crippen LogP contribution in [0, 0.1) is 18.8 Å². The Labute approximate surface area is 126 Å². The predicted molar refractivity (Wildman–Crippen MR) is 83.1 cm³/mol. The van der Waals surface area contributed by atoms with E-state index in [0.29, 0.717) is 17.2 Å². The van der Waals surface area contributed by atoms with Crippen molar-refractivity contribution in [3.05, 3.63) is 34.9 Å². The van der Waals surface area contributed by atoms with Gasteiger partial charge in [0, 0.05) is 31.2 Å². The number of piperazine rings is 1. The van der Waals surface area contributed by atoms with E-state index in [9.17, 15) is 4.79 Å². The lowest BCUT2D eigenvalue weighted by molar-refractivity contribution is 0.0572.